The summed E-state index contributed by atoms with van der Waals surface area (Å²) in [6.45, 7) is 6.55. The molecule has 27 heavy (non-hydrogen) atoms. The average molecular weight is 357 g/mol. The van der Waals surface area contributed by atoms with Gasteiger partial charge in [-0.05, 0) is 55.5 Å². The van der Waals surface area contributed by atoms with Crippen LogP contribution in [0.5, 0.6) is 0 Å². The van der Waals surface area contributed by atoms with Crippen LogP contribution in [0.25, 0.3) is 5.70 Å². The zero-order valence-electron chi connectivity index (χ0n) is 16.0. The molecule has 0 bridgehead atoms. The monoisotopic (exact) mass is 356 g/mol. The van der Waals surface area contributed by atoms with E-state index in [-0.39, 0.29) is 0 Å². The number of nitrogens with zero attached hydrogens (tertiary/aromatic N) is 1. The Labute approximate surface area is 163 Å². The van der Waals surface area contributed by atoms with Gasteiger partial charge in [0.25, 0.3) is 0 Å². The second kappa shape index (κ2) is 8.46. The Balaban J connectivity index is 1.32. The molecule has 1 aliphatic heterocycles. The van der Waals surface area contributed by atoms with Gasteiger partial charge in [0.05, 0.1) is 0 Å². The summed E-state index contributed by atoms with van der Waals surface area (Å²) < 4.78 is 0. The predicted octanol–water partition coefficient (Wildman–Crippen LogP) is 4.66. The number of nitrogens with one attached hydrogen (secondary N) is 1. The zero-order valence-corrected chi connectivity index (χ0v) is 16.0. The highest BCUT2D eigenvalue weighted by molar-refractivity contribution is 5.63. The molecule has 0 aromatic heterocycles. The molecular weight excluding hydrogens is 328 g/mol. The number of hydrogen-bond acceptors (Lipinski definition) is 2. The molecule has 2 fully saturated rings. The topological polar surface area (TPSA) is 15.3 Å². The number of hydrogen-bond donors (Lipinski definition) is 1. The Kier molecular flexibility index (Phi) is 5.61. The Bertz CT molecular complexity index is 814. The lowest BCUT2D eigenvalue weighted by Gasteiger charge is -2.38. The highest BCUT2D eigenvalue weighted by Gasteiger charge is 2.25. The molecule has 0 amide bonds. The smallest absolute Gasteiger partial charge is 0.0366 e. The third kappa shape index (κ3) is 4.62. The van der Waals surface area contributed by atoms with Crippen LogP contribution in [0.1, 0.15) is 48.8 Å². The molecule has 0 radical (unpaired) electrons. The Morgan fingerprint density at radius 2 is 1.41 bits per heavy atom. The molecule has 0 unspecified atom stereocenters. The van der Waals surface area contributed by atoms with Crippen molar-refractivity contribution in [2.45, 2.75) is 44.2 Å². The molecule has 1 saturated carbocycles. The molecule has 2 heteroatoms. The first-order chi connectivity index (χ1) is 13.3. The molecule has 0 atom stereocenters. The summed E-state index contributed by atoms with van der Waals surface area (Å²) in [5, 5.41) is 3.82. The van der Waals surface area contributed by atoms with Crippen molar-refractivity contribution in [1.29, 1.82) is 0 Å². The van der Waals surface area contributed by atoms with E-state index in [9.17, 15) is 0 Å². The van der Waals surface area contributed by atoms with Crippen LogP contribution in [0.4, 0.5) is 0 Å². The maximum atomic E-state index is 4.35. The molecule has 2 aromatic carbocycles. The average Bonchev–Trinajstić information content (AvgIpc) is 2.70. The lowest BCUT2D eigenvalue weighted by molar-refractivity contribution is 0.226. The van der Waals surface area contributed by atoms with Gasteiger partial charge < -0.3 is 10.2 Å². The summed E-state index contributed by atoms with van der Waals surface area (Å²) in [5.74, 6) is 6.45. The summed E-state index contributed by atoms with van der Waals surface area (Å²) in [6.07, 6.45) is 6.57. The van der Waals surface area contributed by atoms with Gasteiger partial charge in [-0.2, -0.15) is 0 Å². The van der Waals surface area contributed by atoms with E-state index < -0.39 is 0 Å². The second-order valence-corrected chi connectivity index (χ2v) is 7.70. The quantitative estimate of drug-likeness (QED) is 0.801. The second-order valence-electron chi connectivity index (χ2n) is 7.70. The highest BCUT2D eigenvalue weighted by atomic mass is 15.2. The summed E-state index contributed by atoms with van der Waals surface area (Å²) in [4.78, 5) is 2.43. The minimum atomic E-state index is 0.690. The van der Waals surface area contributed by atoms with Gasteiger partial charge in [-0.15, -0.1) is 0 Å². The first-order valence-electron chi connectivity index (χ1n) is 10.2. The van der Waals surface area contributed by atoms with Crippen LogP contribution in [0, 0.1) is 11.8 Å². The van der Waals surface area contributed by atoms with E-state index in [0.717, 1.165) is 36.0 Å². The van der Waals surface area contributed by atoms with E-state index >= 15 is 0 Å². The van der Waals surface area contributed by atoms with Crippen molar-refractivity contribution in [2.24, 2.45) is 0 Å². The van der Waals surface area contributed by atoms with Crippen molar-refractivity contribution in [2.75, 3.05) is 13.1 Å². The van der Waals surface area contributed by atoms with Crippen molar-refractivity contribution in [3.63, 3.8) is 0 Å². The van der Waals surface area contributed by atoms with Gasteiger partial charge >= 0.3 is 0 Å². The molecule has 2 aromatic rings. The highest BCUT2D eigenvalue weighted by Crippen LogP contribution is 2.25. The SMILES string of the molecule is C=C(c1ccc(C#Cc2ccccc2)cc1)N1CCC(NC2CCC2)CC1. The van der Waals surface area contributed by atoms with Crippen LogP contribution in [-0.2, 0) is 0 Å². The van der Waals surface area contributed by atoms with E-state index in [4.69, 9.17) is 0 Å². The molecule has 2 aliphatic rings. The minimum absolute atomic E-state index is 0.690. The lowest BCUT2D eigenvalue weighted by atomic mass is 9.91. The van der Waals surface area contributed by atoms with Crippen LogP contribution in [0.2, 0.25) is 0 Å². The summed E-state index contributed by atoms with van der Waals surface area (Å²) in [6, 6.07) is 20.1. The minimum Gasteiger partial charge on any atom is -0.371 e. The van der Waals surface area contributed by atoms with Gasteiger partial charge in [0.2, 0.25) is 0 Å². The van der Waals surface area contributed by atoms with Gasteiger partial charge in [0, 0.05) is 42.0 Å². The van der Waals surface area contributed by atoms with Crippen molar-refractivity contribution >= 4 is 5.70 Å². The van der Waals surface area contributed by atoms with Crippen LogP contribution in [0.3, 0.4) is 0 Å². The zero-order chi connectivity index (χ0) is 18.5. The van der Waals surface area contributed by atoms with Crippen molar-refractivity contribution in [1.82, 2.24) is 10.2 Å². The van der Waals surface area contributed by atoms with Gasteiger partial charge in [0.1, 0.15) is 0 Å². The summed E-state index contributed by atoms with van der Waals surface area (Å²) in [5.41, 5.74) is 4.42. The Morgan fingerprint density at radius 3 is 2.00 bits per heavy atom. The first-order valence-corrected chi connectivity index (χ1v) is 10.2. The van der Waals surface area contributed by atoms with E-state index in [1.807, 2.05) is 30.3 Å². The number of likely N-dealkylation sites (tertiary alicyclic amines) is 1. The predicted molar refractivity (Wildman–Crippen MR) is 113 cm³/mol. The third-order valence-electron chi connectivity index (χ3n) is 5.80. The maximum absolute atomic E-state index is 4.35. The fraction of sp³-hybridized carbons (Fsp3) is 0.360. The van der Waals surface area contributed by atoms with E-state index in [1.165, 1.54) is 37.7 Å². The molecule has 2 nitrogen and oxygen atoms in total. The molecule has 138 valence electrons. The standard InChI is InChI=1S/C25H28N2/c1-20(27-18-16-25(17-19-27)26-24-8-5-9-24)23-14-12-22(13-15-23)11-10-21-6-3-2-4-7-21/h2-4,6-7,12-15,24-26H,1,5,8-9,16-19H2. The number of rotatable bonds is 4. The molecule has 0 spiro atoms. The number of piperidine rings is 1. The molecular formula is C25H28N2. The molecule has 1 N–H and O–H groups in total. The lowest BCUT2D eigenvalue weighted by Crippen LogP contribution is -2.47. The summed E-state index contributed by atoms with van der Waals surface area (Å²) >= 11 is 0. The van der Waals surface area contributed by atoms with Gasteiger partial charge in [-0.25, -0.2) is 0 Å². The van der Waals surface area contributed by atoms with Gasteiger partial charge in [0.15, 0.2) is 0 Å². The van der Waals surface area contributed by atoms with E-state index in [0.29, 0.717) is 6.04 Å². The first kappa shape index (κ1) is 17.9. The normalized spacial score (nSPS) is 17.7. The van der Waals surface area contributed by atoms with Crippen LogP contribution in [0.15, 0.2) is 61.2 Å². The van der Waals surface area contributed by atoms with Crippen LogP contribution in [-0.4, -0.2) is 30.1 Å². The summed E-state index contributed by atoms with van der Waals surface area (Å²) in [7, 11) is 0. The fourth-order valence-corrected chi connectivity index (χ4v) is 3.82. The van der Waals surface area contributed by atoms with Crippen molar-refractivity contribution in [3.8, 4) is 11.8 Å². The molecule has 1 aliphatic carbocycles. The fourth-order valence-electron chi connectivity index (χ4n) is 3.82. The molecule has 1 saturated heterocycles. The van der Waals surface area contributed by atoms with Crippen LogP contribution < -0.4 is 5.32 Å². The number of benzene rings is 2. The van der Waals surface area contributed by atoms with E-state index in [2.05, 4.69) is 52.9 Å². The van der Waals surface area contributed by atoms with Crippen LogP contribution >= 0.6 is 0 Å². The van der Waals surface area contributed by atoms with Crippen molar-refractivity contribution in [3.05, 3.63) is 77.9 Å². The van der Waals surface area contributed by atoms with E-state index in [1.54, 1.807) is 0 Å². The third-order valence-corrected chi connectivity index (χ3v) is 5.80. The molecule has 1 heterocycles. The maximum Gasteiger partial charge on any atom is 0.0366 e. The van der Waals surface area contributed by atoms with Crippen molar-refractivity contribution < 1.29 is 0 Å². The Morgan fingerprint density at radius 1 is 0.815 bits per heavy atom. The Hall–Kier alpha value is -2.50. The largest absolute Gasteiger partial charge is 0.371 e. The van der Waals surface area contributed by atoms with Gasteiger partial charge in [-0.3, -0.25) is 0 Å². The van der Waals surface area contributed by atoms with Gasteiger partial charge in [-0.1, -0.05) is 55.2 Å². The molecule has 4 rings (SSSR count).